The van der Waals surface area contributed by atoms with Crippen LogP contribution in [0, 0.1) is 30.1 Å². The van der Waals surface area contributed by atoms with Crippen molar-refractivity contribution < 1.29 is 17.4 Å². The molecule has 0 radical (unpaired) electrons. The summed E-state index contributed by atoms with van der Waals surface area (Å²) in [4.78, 5) is 7.53. The summed E-state index contributed by atoms with van der Waals surface area (Å²) in [5.74, 6) is 6.13. The highest BCUT2D eigenvalue weighted by Gasteiger charge is 2.05. The van der Waals surface area contributed by atoms with Crippen LogP contribution in [0.25, 0.3) is 11.3 Å². The van der Waals surface area contributed by atoms with Gasteiger partial charge in [-0.25, -0.2) is 9.97 Å². The number of halogens is 1. The summed E-state index contributed by atoms with van der Waals surface area (Å²) in [6.07, 6.45) is 1.86. The molecule has 3 aromatic rings. The van der Waals surface area contributed by atoms with E-state index in [4.69, 9.17) is 5.26 Å². The first-order chi connectivity index (χ1) is 10.7. The largest absolute Gasteiger partial charge is 1.00 e. The second-order valence-corrected chi connectivity index (χ2v) is 5.75. The number of nitrogens with one attached hydrogen (secondary N) is 1. The molecular weight excluding hydrogens is 326 g/mol. The SMILES string of the molecule is Cc1nc(C#Cc2ccc(-c3cccc(C#N)c3)[nH+]c2)cs1.[Cl-]. The maximum Gasteiger partial charge on any atom is 0.210 e. The lowest BCUT2D eigenvalue weighted by Crippen LogP contribution is -3.00. The standard InChI is InChI=1S/C18H11N3S.ClH/c1-13-21-17(12-22-13)7-5-14-6-8-18(20-11-14)16-4-2-3-15(9-16)10-19;/h2-4,6,8-9,11-12H,1H3;1H. The second-order valence-electron chi connectivity index (χ2n) is 4.69. The van der Waals surface area contributed by atoms with Crippen LogP contribution in [-0.2, 0) is 0 Å². The first kappa shape index (κ1) is 16.7. The molecule has 0 aliphatic carbocycles. The van der Waals surface area contributed by atoms with Crippen molar-refractivity contribution in [3.63, 3.8) is 0 Å². The van der Waals surface area contributed by atoms with Crippen LogP contribution in [-0.4, -0.2) is 4.98 Å². The van der Waals surface area contributed by atoms with E-state index < -0.39 is 0 Å². The lowest BCUT2D eigenvalue weighted by molar-refractivity contribution is -0.364. The highest BCUT2D eigenvalue weighted by atomic mass is 35.5. The van der Waals surface area contributed by atoms with Gasteiger partial charge in [0.25, 0.3) is 0 Å². The Labute approximate surface area is 145 Å². The van der Waals surface area contributed by atoms with Gasteiger partial charge in [0.05, 0.1) is 22.2 Å². The van der Waals surface area contributed by atoms with Gasteiger partial charge < -0.3 is 12.4 Å². The lowest BCUT2D eigenvalue weighted by Gasteiger charge is -1.96. The number of H-pyrrole nitrogens is 1. The third-order valence-corrected chi connectivity index (χ3v) is 3.84. The maximum absolute atomic E-state index is 8.95. The molecular formula is C18H12ClN3S. The molecule has 112 valence electrons. The van der Waals surface area contributed by atoms with E-state index in [-0.39, 0.29) is 12.4 Å². The number of rotatable bonds is 1. The minimum Gasteiger partial charge on any atom is -1.00 e. The molecule has 2 aromatic heterocycles. The van der Waals surface area contributed by atoms with Crippen molar-refractivity contribution >= 4 is 11.3 Å². The smallest absolute Gasteiger partial charge is 0.210 e. The minimum atomic E-state index is 0. The number of aryl methyl sites for hydroxylation is 1. The van der Waals surface area contributed by atoms with Crippen molar-refractivity contribution in [3.05, 3.63) is 69.8 Å². The number of benzene rings is 1. The second kappa shape index (κ2) is 7.56. The van der Waals surface area contributed by atoms with Gasteiger partial charge in [0.1, 0.15) is 5.69 Å². The van der Waals surface area contributed by atoms with Gasteiger partial charge in [-0.15, -0.1) is 11.3 Å². The topological polar surface area (TPSA) is 50.8 Å². The summed E-state index contributed by atoms with van der Waals surface area (Å²) in [5.41, 5.74) is 4.27. The summed E-state index contributed by atoms with van der Waals surface area (Å²) < 4.78 is 0. The van der Waals surface area contributed by atoms with E-state index in [1.54, 1.807) is 17.4 Å². The van der Waals surface area contributed by atoms with E-state index in [0.29, 0.717) is 5.56 Å². The van der Waals surface area contributed by atoms with Crippen LogP contribution >= 0.6 is 11.3 Å². The quantitative estimate of drug-likeness (QED) is 0.596. The highest BCUT2D eigenvalue weighted by molar-refractivity contribution is 7.09. The Bertz CT molecular complexity index is 912. The van der Waals surface area contributed by atoms with E-state index in [1.165, 1.54) is 0 Å². The molecule has 0 aliphatic heterocycles. The number of thiazole rings is 1. The molecule has 3 rings (SSSR count). The monoisotopic (exact) mass is 337 g/mol. The fraction of sp³-hybridized carbons (Fsp3) is 0.0556. The Morgan fingerprint density at radius 3 is 2.65 bits per heavy atom. The molecule has 0 saturated carbocycles. The molecule has 0 atom stereocenters. The van der Waals surface area contributed by atoms with Crippen LogP contribution in [0.4, 0.5) is 0 Å². The van der Waals surface area contributed by atoms with Gasteiger partial charge >= 0.3 is 0 Å². The third-order valence-electron chi connectivity index (χ3n) is 3.07. The van der Waals surface area contributed by atoms with Crippen LogP contribution in [0.1, 0.15) is 21.8 Å². The summed E-state index contributed by atoms with van der Waals surface area (Å²) in [6, 6.07) is 13.6. The molecule has 3 nitrogen and oxygen atoms in total. The number of aromatic amines is 1. The molecule has 0 fully saturated rings. The molecule has 1 N–H and O–H groups in total. The number of hydrogen-bond donors (Lipinski definition) is 0. The van der Waals surface area contributed by atoms with E-state index >= 15 is 0 Å². The van der Waals surface area contributed by atoms with Gasteiger partial charge in [-0.2, -0.15) is 5.26 Å². The van der Waals surface area contributed by atoms with E-state index in [2.05, 4.69) is 27.9 Å². The normalized spacial score (nSPS) is 9.22. The fourth-order valence-electron chi connectivity index (χ4n) is 2.00. The fourth-order valence-corrected chi connectivity index (χ4v) is 2.54. The zero-order valence-corrected chi connectivity index (χ0v) is 13.9. The summed E-state index contributed by atoms with van der Waals surface area (Å²) in [7, 11) is 0. The molecule has 2 heterocycles. The molecule has 0 unspecified atom stereocenters. The van der Waals surface area contributed by atoms with Gasteiger partial charge in [-0.05, 0) is 37.1 Å². The Morgan fingerprint density at radius 1 is 1.13 bits per heavy atom. The number of nitrogens with zero attached hydrogens (tertiary/aromatic N) is 2. The molecule has 0 spiro atoms. The van der Waals surface area contributed by atoms with Crippen LogP contribution in [0.2, 0.25) is 0 Å². The Kier molecular flexibility index (Phi) is 5.49. The zero-order valence-electron chi connectivity index (χ0n) is 12.3. The van der Waals surface area contributed by atoms with Crippen molar-refractivity contribution in [2.45, 2.75) is 6.92 Å². The zero-order chi connectivity index (χ0) is 15.4. The Balaban J connectivity index is 0.00000192. The van der Waals surface area contributed by atoms with Gasteiger partial charge in [-0.3, -0.25) is 0 Å². The molecule has 0 bridgehead atoms. The predicted molar refractivity (Wildman–Crippen MR) is 86.0 cm³/mol. The van der Waals surface area contributed by atoms with E-state index in [9.17, 15) is 0 Å². The average molecular weight is 338 g/mol. The number of pyridine rings is 1. The van der Waals surface area contributed by atoms with Crippen LogP contribution in [0.15, 0.2) is 48.0 Å². The van der Waals surface area contributed by atoms with Gasteiger partial charge in [-0.1, -0.05) is 12.0 Å². The van der Waals surface area contributed by atoms with Crippen molar-refractivity contribution in [1.29, 1.82) is 5.26 Å². The molecule has 0 saturated heterocycles. The molecule has 5 heteroatoms. The first-order valence-corrected chi connectivity index (χ1v) is 7.59. The van der Waals surface area contributed by atoms with E-state index in [0.717, 1.165) is 27.5 Å². The highest BCUT2D eigenvalue weighted by Crippen LogP contribution is 2.15. The molecule has 0 amide bonds. The van der Waals surface area contributed by atoms with Crippen LogP contribution in [0.3, 0.4) is 0 Å². The van der Waals surface area contributed by atoms with Crippen molar-refractivity contribution in [2.24, 2.45) is 0 Å². The van der Waals surface area contributed by atoms with Gasteiger partial charge in [0.2, 0.25) is 5.69 Å². The average Bonchev–Trinajstić information content (AvgIpc) is 2.99. The number of hydrogen-bond acceptors (Lipinski definition) is 3. The summed E-state index contributed by atoms with van der Waals surface area (Å²) >= 11 is 1.59. The number of nitriles is 1. The maximum atomic E-state index is 8.95. The van der Waals surface area contributed by atoms with Gasteiger partial charge in [0.15, 0.2) is 6.20 Å². The summed E-state index contributed by atoms with van der Waals surface area (Å²) in [5, 5.41) is 11.9. The minimum absolute atomic E-state index is 0. The molecule has 1 aromatic carbocycles. The Hall–Kier alpha value is -2.66. The molecule has 23 heavy (non-hydrogen) atoms. The number of aromatic nitrogens is 2. The van der Waals surface area contributed by atoms with Crippen LogP contribution < -0.4 is 17.4 Å². The first-order valence-electron chi connectivity index (χ1n) is 6.71. The predicted octanol–water partition coefficient (Wildman–Crippen LogP) is 0.208. The van der Waals surface area contributed by atoms with Crippen LogP contribution in [0.5, 0.6) is 0 Å². The van der Waals surface area contributed by atoms with Crippen molar-refractivity contribution in [1.82, 2.24) is 4.98 Å². The van der Waals surface area contributed by atoms with E-state index in [1.807, 2.05) is 48.8 Å². The molecule has 0 aliphatic rings. The van der Waals surface area contributed by atoms with Crippen molar-refractivity contribution in [2.75, 3.05) is 0 Å². The van der Waals surface area contributed by atoms with Gasteiger partial charge in [0, 0.05) is 17.0 Å². The summed E-state index contributed by atoms with van der Waals surface area (Å²) in [6.45, 7) is 1.97. The third kappa shape index (κ3) is 4.17. The lowest BCUT2D eigenvalue weighted by atomic mass is 10.1. The van der Waals surface area contributed by atoms with Crippen molar-refractivity contribution in [3.8, 4) is 29.2 Å². The Morgan fingerprint density at radius 2 is 2.00 bits per heavy atom.